The van der Waals surface area contributed by atoms with Gasteiger partial charge < -0.3 is 4.74 Å². The monoisotopic (exact) mass is 418 g/mol. The highest BCUT2D eigenvalue weighted by molar-refractivity contribution is 9.10. The molecule has 3 nitrogen and oxygen atoms in total. The fourth-order valence-electron chi connectivity index (χ4n) is 3.82. The summed E-state index contributed by atoms with van der Waals surface area (Å²) in [6.45, 7) is 2.11. The lowest BCUT2D eigenvalue weighted by atomic mass is 9.95. The van der Waals surface area contributed by atoms with Crippen LogP contribution in [0.2, 0.25) is 0 Å². The molecule has 0 bridgehead atoms. The van der Waals surface area contributed by atoms with Crippen LogP contribution >= 0.6 is 15.9 Å². The Hall–Kier alpha value is -2.59. The van der Waals surface area contributed by atoms with E-state index in [1.807, 2.05) is 24.3 Å². The van der Waals surface area contributed by atoms with Gasteiger partial charge in [0.25, 0.3) is 0 Å². The van der Waals surface area contributed by atoms with Crippen molar-refractivity contribution in [3.8, 4) is 5.75 Å². The van der Waals surface area contributed by atoms with Gasteiger partial charge in [-0.2, -0.15) is 5.10 Å². The topological polar surface area (TPSA) is 24.8 Å². The van der Waals surface area contributed by atoms with Gasteiger partial charge >= 0.3 is 0 Å². The summed E-state index contributed by atoms with van der Waals surface area (Å²) in [5.74, 6) is 0.939. The van der Waals surface area contributed by atoms with Gasteiger partial charge in [0.1, 0.15) is 5.75 Å². The number of hydrazone groups is 1. The molecule has 0 spiro atoms. The van der Waals surface area contributed by atoms with Gasteiger partial charge in [-0.1, -0.05) is 76.1 Å². The molecule has 0 amide bonds. The molecule has 3 aromatic carbocycles. The summed E-state index contributed by atoms with van der Waals surface area (Å²) in [7, 11) is 0. The molecule has 0 aromatic heterocycles. The number of benzene rings is 3. The van der Waals surface area contributed by atoms with E-state index in [-0.39, 0.29) is 12.3 Å². The first-order chi connectivity index (χ1) is 13.2. The molecule has 2 atom stereocenters. The van der Waals surface area contributed by atoms with Crippen LogP contribution in [0.1, 0.15) is 40.9 Å². The molecule has 3 aromatic rings. The Balaban J connectivity index is 1.60. The number of halogens is 1. The highest BCUT2D eigenvalue weighted by atomic mass is 79.9. The highest BCUT2D eigenvalue weighted by Gasteiger charge is 2.40. The molecule has 2 aliphatic heterocycles. The van der Waals surface area contributed by atoms with Crippen molar-refractivity contribution < 1.29 is 4.74 Å². The molecule has 2 aliphatic rings. The van der Waals surface area contributed by atoms with Gasteiger partial charge in [0.05, 0.1) is 11.8 Å². The van der Waals surface area contributed by atoms with Crippen molar-refractivity contribution >= 4 is 21.6 Å². The predicted octanol–water partition coefficient (Wildman–Crippen LogP) is 6.00. The van der Waals surface area contributed by atoms with Crippen molar-refractivity contribution in [3.05, 3.63) is 99.5 Å². The summed E-state index contributed by atoms with van der Waals surface area (Å²) in [6, 6.07) is 25.3. The van der Waals surface area contributed by atoms with E-state index in [4.69, 9.17) is 9.84 Å². The normalized spacial score (nSPS) is 20.5. The maximum absolute atomic E-state index is 6.39. The van der Waals surface area contributed by atoms with Crippen LogP contribution in [0.4, 0.5) is 0 Å². The fraction of sp³-hybridized carbons (Fsp3) is 0.174. The van der Waals surface area contributed by atoms with Gasteiger partial charge in [0.15, 0.2) is 0 Å². The maximum atomic E-state index is 6.39. The number of ether oxygens (including phenoxy) is 1. The largest absolute Gasteiger partial charge is 0.464 e. The average Bonchev–Trinajstić information content (AvgIpc) is 3.14. The summed E-state index contributed by atoms with van der Waals surface area (Å²) in [5.41, 5.74) is 5.85. The van der Waals surface area contributed by atoms with Crippen LogP contribution < -0.4 is 4.74 Å². The lowest BCUT2D eigenvalue weighted by Crippen LogP contribution is -2.33. The fourth-order valence-corrected chi connectivity index (χ4v) is 4.19. The van der Waals surface area contributed by atoms with Crippen LogP contribution in [0, 0.1) is 6.92 Å². The third kappa shape index (κ3) is 2.94. The quantitative estimate of drug-likeness (QED) is 0.509. The van der Waals surface area contributed by atoms with E-state index in [2.05, 4.69) is 76.4 Å². The van der Waals surface area contributed by atoms with Gasteiger partial charge in [0.2, 0.25) is 6.23 Å². The third-order valence-electron chi connectivity index (χ3n) is 5.22. The van der Waals surface area contributed by atoms with E-state index < -0.39 is 0 Å². The number of fused-ring (bicyclic) bond motifs is 3. The minimum atomic E-state index is -0.215. The van der Waals surface area contributed by atoms with Gasteiger partial charge in [-0.3, -0.25) is 0 Å². The van der Waals surface area contributed by atoms with E-state index in [9.17, 15) is 0 Å². The first-order valence-corrected chi connectivity index (χ1v) is 9.92. The second-order valence-electron chi connectivity index (χ2n) is 7.08. The van der Waals surface area contributed by atoms with Crippen molar-refractivity contribution in [2.45, 2.75) is 25.6 Å². The first kappa shape index (κ1) is 16.6. The lowest BCUT2D eigenvalue weighted by molar-refractivity contribution is -0.0190. The molecule has 134 valence electrons. The van der Waals surface area contributed by atoms with Crippen LogP contribution in [-0.4, -0.2) is 10.7 Å². The summed E-state index contributed by atoms with van der Waals surface area (Å²) in [5, 5.41) is 7.13. The second kappa shape index (κ2) is 6.54. The Morgan fingerprint density at radius 3 is 2.56 bits per heavy atom. The van der Waals surface area contributed by atoms with E-state index in [0.717, 1.165) is 27.9 Å². The standard InChI is InChI=1S/C23H19BrN2O/c1-15-7-9-16(10-8-15)20-14-21-19-13-18(24)11-12-22(19)27-23(26(21)25-20)17-5-3-2-4-6-17/h2-13,21,23H,14H2,1H3/t21-,23+/m0/s1. The SMILES string of the molecule is Cc1ccc(C2=NN3[C@@H](c4ccccc4)Oc4ccc(Br)cc4[C@@H]3C2)cc1. The molecule has 2 heterocycles. The van der Waals surface area contributed by atoms with Crippen molar-refractivity contribution in [1.29, 1.82) is 0 Å². The number of hydrogen-bond acceptors (Lipinski definition) is 3. The minimum absolute atomic E-state index is 0.174. The van der Waals surface area contributed by atoms with Crippen LogP contribution in [0.5, 0.6) is 5.75 Å². The molecule has 0 N–H and O–H groups in total. The van der Waals surface area contributed by atoms with E-state index in [0.29, 0.717) is 0 Å². The molecule has 0 saturated heterocycles. The summed E-state index contributed by atoms with van der Waals surface area (Å²) in [4.78, 5) is 0. The Bertz CT molecular complexity index is 1010. The molecule has 0 fully saturated rings. The number of hydrogen-bond donors (Lipinski definition) is 0. The maximum Gasteiger partial charge on any atom is 0.213 e. The third-order valence-corrected chi connectivity index (χ3v) is 5.71. The molecule has 0 saturated carbocycles. The van der Waals surface area contributed by atoms with Gasteiger partial charge in [-0.15, -0.1) is 0 Å². The zero-order chi connectivity index (χ0) is 18.4. The van der Waals surface area contributed by atoms with Crippen molar-refractivity contribution in [1.82, 2.24) is 5.01 Å². The molecule has 5 rings (SSSR count). The number of nitrogens with zero attached hydrogens (tertiary/aromatic N) is 2. The Morgan fingerprint density at radius 1 is 1.00 bits per heavy atom. The van der Waals surface area contributed by atoms with Crippen LogP contribution in [0.15, 0.2) is 82.4 Å². The van der Waals surface area contributed by atoms with Crippen LogP contribution in [0.3, 0.4) is 0 Å². The van der Waals surface area contributed by atoms with Gasteiger partial charge in [-0.25, -0.2) is 5.01 Å². The van der Waals surface area contributed by atoms with Gasteiger partial charge in [0, 0.05) is 22.0 Å². The zero-order valence-electron chi connectivity index (χ0n) is 15.0. The molecule has 0 unspecified atom stereocenters. The smallest absolute Gasteiger partial charge is 0.213 e. The van der Waals surface area contributed by atoms with Crippen molar-refractivity contribution in [3.63, 3.8) is 0 Å². The lowest BCUT2D eigenvalue weighted by Gasteiger charge is -2.38. The Kier molecular flexibility index (Phi) is 4.01. The average molecular weight is 419 g/mol. The van der Waals surface area contributed by atoms with E-state index in [1.54, 1.807) is 0 Å². The second-order valence-corrected chi connectivity index (χ2v) is 7.99. The number of rotatable bonds is 2. The zero-order valence-corrected chi connectivity index (χ0v) is 16.6. The van der Waals surface area contributed by atoms with Crippen LogP contribution in [-0.2, 0) is 0 Å². The number of aryl methyl sites for hydroxylation is 1. The van der Waals surface area contributed by atoms with Crippen LogP contribution in [0.25, 0.3) is 0 Å². The molecule has 4 heteroatoms. The van der Waals surface area contributed by atoms with Crippen molar-refractivity contribution in [2.75, 3.05) is 0 Å². The van der Waals surface area contributed by atoms with E-state index >= 15 is 0 Å². The van der Waals surface area contributed by atoms with Crippen molar-refractivity contribution in [2.24, 2.45) is 5.10 Å². The summed E-state index contributed by atoms with van der Waals surface area (Å²) >= 11 is 3.60. The Morgan fingerprint density at radius 2 is 1.78 bits per heavy atom. The molecular weight excluding hydrogens is 400 g/mol. The predicted molar refractivity (Wildman–Crippen MR) is 111 cm³/mol. The minimum Gasteiger partial charge on any atom is -0.464 e. The van der Waals surface area contributed by atoms with Gasteiger partial charge in [-0.05, 0) is 30.7 Å². The van der Waals surface area contributed by atoms with E-state index in [1.165, 1.54) is 16.7 Å². The molecular formula is C23H19BrN2O. The highest BCUT2D eigenvalue weighted by Crippen LogP contribution is 2.48. The summed E-state index contributed by atoms with van der Waals surface area (Å²) in [6.07, 6.45) is 0.659. The molecule has 0 radical (unpaired) electrons. The molecule has 27 heavy (non-hydrogen) atoms. The summed E-state index contributed by atoms with van der Waals surface area (Å²) < 4.78 is 7.45. The Labute approximate surface area is 167 Å². The molecule has 0 aliphatic carbocycles. The first-order valence-electron chi connectivity index (χ1n) is 9.13.